The fraction of sp³-hybridized carbons (Fsp3) is 0.311. The predicted molar refractivity (Wildman–Crippen MR) is 204 cm³/mol. The number of hydrogen-bond donors (Lipinski definition) is 2. The van der Waals surface area contributed by atoms with E-state index in [9.17, 15) is 15.3 Å². The minimum atomic E-state index is -1.18. The quantitative estimate of drug-likeness (QED) is 0.0853. The van der Waals surface area contributed by atoms with E-state index in [0.717, 1.165) is 77.7 Å². The molecule has 2 fully saturated rings. The average Bonchev–Trinajstić information content (AvgIpc) is 3.85. The van der Waals surface area contributed by atoms with Crippen molar-refractivity contribution in [3.63, 3.8) is 0 Å². The number of phenolic OH excluding ortho intramolecular Hbond substituents is 1. The Morgan fingerprint density at radius 3 is 1.38 bits per heavy atom. The van der Waals surface area contributed by atoms with Crippen molar-refractivity contribution in [2.75, 3.05) is 13.1 Å². The van der Waals surface area contributed by atoms with Gasteiger partial charge in [-0.1, -0.05) is 139 Å². The fourth-order valence-electron chi connectivity index (χ4n) is 8.50. The predicted octanol–water partition coefficient (Wildman–Crippen LogP) is 8.07. The second-order valence-electron chi connectivity index (χ2n) is 13.7. The van der Waals surface area contributed by atoms with Gasteiger partial charge in [0.1, 0.15) is 11.4 Å². The molecular weight excluding hydrogens is 747 g/mol. The summed E-state index contributed by atoms with van der Waals surface area (Å²) in [6.07, 6.45) is 3.77. The van der Waals surface area contributed by atoms with E-state index in [1.165, 1.54) is 0 Å². The van der Waals surface area contributed by atoms with E-state index in [1.54, 1.807) is 6.92 Å². The molecule has 5 nitrogen and oxygen atoms in total. The molecule has 0 saturated carbocycles. The third-order valence-electron chi connectivity index (χ3n) is 10.8. The van der Waals surface area contributed by atoms with Gasteiger partial charge < -0.3 is 22.2 Å². The second-order valence-corrected chi connectivity index (χ2v) is 13.7. The standard InChI is InChI=1S/C43H46N2O3.C2H5.2Zn/c1-32-28-33(30-44-26-14-24-39(44)42(47,35-16-6-2-7-17-35)36-18-8-3-9-19-36)41(46)34(29-32)31-45-27-15-25-40(45)43(48,37-20-10-4-11-21-37)38-22-12-5-13-23-38;1-2;;/h2-13,16-23,28-29,39-40,46-48H,14-15,24-27,30-31H2,1H3;1H2,2H3;;/q;-1;;+2/p+1. The van der Waals surface area contributed by atoms with Gasteiger partial charge >= 0.3 is 19.5 Å². The maximum absolute atomic E-state index is 12.6. The molecule has 4 N–H and O–H groups in total. The van der Waals surface area contributed by atoms with Gasteiger partial charge in [0.2, 0.25) is 5.60 Å². The van der Waals surface area contributed by atoms with E-state index in [-0.39, 0.29) is 51.0 Å². The minimum Gasteiger partial charge on any atom is -0.507 e. The first-order chi connectivity index (χ1) is 24.4. The number of benzene rings is 5. The van der Waals surface area contributed by atoms with Gasteiger partial charge in [0, 0.05) is 60.9 Å². The summed E-state index contributed by atoms with van der Waals surface area (Å²) in [7, 11) is 0. The maximum Gasteiger partial charge on any atom is 2.00 e. The van der Waals surface area contributed by atoms with Gasteiger partial charge in [0.25, 0.3) is 0 Å². The van der Waals surface area contributed by atoms with Crippen molar-refractivity contribution in [2.24, 2.45) is 0 Å². The van der Waals surface area contributed by atoms with Crippen LogP contribution in [0, 0.1) is 13.8 Å². The molecule has 2 atom stereocenters. The third-order valence-corrected chi connectivity index (χ3v) is 10.8. The molecule has 2 unspecified atom stereocenters. The van der Waals surface area contributed by atoms with E-state index >= 15 is 0 Å². The summed E-state index contributed by atoms with van der Waals surface area (Å²) < 4.78 is 0. The molecule has 0 aromatic heterocycles. The Bertz CT molecular complexity index is 1600. The van der Waals surface area contributed by atoms with Crippen molar-refractivity contribution < 1.29 is 54.3 Å². The Hall–Kier alpha value is -3.01. The molecule has 0 spiro atoms. The van der Waals surface area contributed by atoms with E-state index < -0.39 is 11.2 Å². The SMILES string of the molecule is Cc1cc(CN2CCCC2C(O)(c2ccccc2)c2ccccc2)c(O)c(CN2CCCC2C([OH2+])(c2ccccc2)c2ccccc2)c1.[CH2-]C.[Zn+2].[Zn]. The van der Waals surface area contributed by atoms with Crippen LogP contribution in [0.2, 0.25) is 0 Å². The van der Waals surface area contributed by atoms with E-state index in [2.05, 4.69) is 60.0 Å². The van der Waals surface area contributed by atoms with Crippen LogP contribution in [0.25, 0.3) is 0 Å². The third kappa shape index (κ3) is 8.37. The van der Waals surface area contributed by atoms with Crippen molar-refractivity contribution >= 4 is 0 Å². The molecular formula is C45H52N2O3Zn2+2. The van der Waals surface area contributed by atoms with Crippen LogP contribution in [-0.4, -0.2) is 50.3 Å². The molecule has 262 valence electrons. The van der Waals surface area contributed by atoms with Gasteiger partial charge in [-0.15, -0.1) is 0 Å². The van der Waals surface area contributed by atoms with Crippen LogP contribution in [0.15, 0.2) is 133 Å². The first kappa shape index (κ1) is 41.7. The van der Waals surface area contributed by atoms with Crippen LogP contribution in [0.5, 0.6) is 5.75 Å². The Morgan fingerprint density at radius 1 is 0.635 bits per heavy atom. The molecule has 0 radical (unpaired) electrons. The van der Waals surface area contributed by atoms with Crippen LogP contribution >= 0.6 is 0 Å². The monoisotopic (exact) mass is 796 g/mol. The minimum absolute atomic E-state index is 0. The largest absolute Gasteiger partial charge is 2.00 e. The van der Waals surface area contributed by atoms with Crippen molar-refractivity contribution in [3.05, 3.63) is 179 Å². The molecule has 0 aliphatic carbocycles. The molecule has 7 rings (SSSR count). The number of aryl methyl sites for hydroxylation is 1. The number of likely N-dealkylation sites (tertiary alicyclic amines) is 2. The first-order valence-corrected chi connectivity index (χ1v) is 18.1. The van der Waals surface area contributed by atoms with Gasteiger partial charge in [0.15, 0.2) is 0 Å². The molecule has 52 heavy (non-hydrogen) atoms. The van der Waals surface area contributed by atoms with E-state index in [0.29, 0.717) is 18.8 Å². The fourth-order valence-corrected chi connectivity index (χ4v) is 8.50. The van der Waals surface area contributed by atoms with Crippen LogP contribution in [-0.2, 0) is 63.2 Å². The summed E-state index contributed by atoms with van der Waals surface area (Å²) in [5, 5.41) is 34.6. The smallest absolute Gasteiger partial charge is 0.507 e. The molecule has 5 aromatic rings. The van der Waals surface area contributed by atoms with Crippen molar-refractivity contribution in [2.45, 2.75) is 75.9 Å². The number of hydrogen-bond acceptors (Lipinski definition) is 4. The van der Waals surface area contributed by atoms with E-state index in [1.807, 2.05) is 97.1 Å². The Kier molecular flexibility index (Phi) is 15.1. The Balaban J connectivity index is 0.00000149. The summed E-state index contributed by atoms with van der Waals surface area (Å²) in [6.45, 7) is 9.95. The number of rotatable bonds is 10. The number of aromatic hydroxyl groups is 1. The zero-order valence-corrected chi connectivity index (χ0v) is 36.9. The van der Waals surface area contributed by atoms with Crippen molar-refractivity contribution in [3.8, 4) is 5.75 Å². The molecule has 2 heterocycles. The molecule has 5 aromatic carbocycles. The normalized spacial score (nSPS) is 17.8. The summed E-state index contributed by atoms with van der Waals surface area (Å²) in [5.74, 6) is 0.329. The summed E-state index contributed by atoms with van der Waals surface area (Å²) >= 11 is 0. The van der Waals surface area contributed by atoms with Crippen molar-refractivity contribution in [1.82, 2.24) is 9.80 Å². The molecule has 2 aliphatic heterocycles. The van der Waals surface area contributed by atoms with Crippen LogP contribution < -0.4 is 0 Å². The molecule has 0 amide bonds. The first-order valence-electron chi connectivity index (χ1n) is 18.1. The van der Waals surface area contributed by atoms with Crippen LogP contribution in [0.4, 0.5) is 0 Å². The summed E-state index contributed by atoms with van der Waals surface area (Å²) in [6, 6.07) is 44.5. The zero-order valence-electron chi connectivity index (χ0n) is 30.9. The molecule has 2 aliphatic rings. The van der Waals surface area contributed by atoms with Crippen LogP contribution in [0.1, 0.15) is 71.6 Å². The van der Waals surface area contributed by atoms with Crippen molar-refractivity contribution in [1.29, 1.82) is 0 Å². The Labute approximate surface area is 336 Å². The second kappa shape index (κ2) is 18.8. The van der Waals surface area contributed by atoms with Gasteiger partial charge in [0.05, 0.1) is 6.04 Å². The topological polar surface area (TPSA) is 69.8 Å². The van der Waals surface area contributed by atoms with Crippen LogP contribution in [0.3, 0.4) is 0 Å². The maximum atomic E-state index is 12.6. The zero-order chi connectivity index (χ0) is 35.1. The van der Waals surface area contributed by atoms with Gasteiger partial charge in [-0.3, -0.25) is 9.80 Å². The Morgan fingerprint density at radius 2 is 0.981 bits per heavy atom. The number of phenols is 1. The van der Waals surface area contributed by atoms with Gasteiger partial charge in [-0.25, -0.2) is 0 Å². The summed E-state index contributed by atoms with van der Waals surface area (Å²) in [5.41, 5.74) is 4.53. The summed E-state index contributed by atoms with van der Waals surface area (Å²) in [4.78, 5) is 4.77. The molecule has 0 bridgehead atoms. The van der Waals surface area contributed by atoms with Gasteiger partial charge in [-0.05, 0) is 56.8 Å². The molecule has 7 heteroatoms. The van der Waals surface area contributed by atoms with E-state index in [4.69, 9.17) is 0 Å². The number of aliphatic hydroxyl groups is 1. The average molecular weight is 800 g/mol. The molecule has 2 saturated heterocycles. The number of nitrogens with zero attached hydrogens (tertiary/aromatic N) is 2. The van der Waals surface area contributed by atoms with Gasteiger partial charge in [-0.2, -0.15) is 6.92 Å².